The number of anilines is 1. The summed E-state index contributed by atoms with van der Waals surface area (Å²) in [4.78, 5) is 16.7. The minimum Gasteiger partial charge on any atom is -0.370 e. The Morgan fingerprint density at radius 3 is 3.04 bits per heavy atom. The van der Waals surface area contributed by atoms with E-state index in [0.29, 0.717) is 5.92 Å². The van der Waals surface area contributed by atoms with E-state index in [9.17, 15) is 0 Å². The van der Waals surface area contributed by atoms with Crippen molar-refractivity contribution in [1.82, 2.24) is 25.3 Å². The van der Waals surface area contributed by atoms with Crippen molar-refractivity contribution < 1.29 is 0 Å². The van der Waals surface area contributed by atoms with Crippen LogP contribution >= 0.6 is 0 Å². The molecule has 3 N–H and O–H groups in total. The van der Waals surface area contributed by atoms with E-state index in [1.54, 1.807) is 6.33 Å². The van der Waals surface area contributed by atoms with E-state index in [-0.39, 0.29) is 0 Å². The lowest BCUT2D eigenvalue weighted by molar-refractivity contribution is 0.454. The third-order valence-electron chi connectivity index (χ3n) is 4.51. The molecule has 0 unspecified atom stereocenters. The highest BCUT2D eigenvalue weighted by atomic mass is 15.0. The number of hydrogen-bond donors (Lipinski definition) is 3. The van der Waals surface area contributed by atoms with E-state index in [1.807, 2.05) is 24.3 Å². The van der Waals surface area contributed by atoms with Crippen molar-refractivity contribution in [2.24, 2.45) is 0 Å². The second-order valence-electron chi connectivity index (χ2n) is 6.25. The highest BCUT2D eigenvalue weighted by Crippen LogP contribution is 2.22. The van der Waals surface area contributed by atoms with Crippen LogP contribution in [0.1, 0.15) is 30.3 Å². The molecule has 1 aliphatic heterocycles. The van der Waals surface area contributed by atoms with Gasteiger partial charge in [-0.2, -0.15) is 0 Å². The molecule has 0 radical (unpaired) electrons. The molecule has 4 rings (SSSR count). The van der Waals surface area contributed by atoms with Crippen LogP contribution in [-0.2, 0) is 6.42 Å². The van der Waals surface area contributed by atoms with Gasteiger partial charge in [-0.1, -0.05) is 12.1 Å². The van der Waals surface area contributed by atoms with E-state index < -0.39 is 0 Å². The number of aromatic nitrogens is 4. The smallest absolute Gasteiger partial charge is 0.129 e. The maximum Gasteiger partial charge on any atom is 0.129 e. The van der Waals surface area contributed by atoms with Crippen molar-refractivity contribution in [1.29, 1.82) is 0 Å². The Bertz CT molecular complexity index is 773. The van der Waals surface area contributed by atoms with Gasteiger partial charge in [-0.15, -0.1) is 0 Å². The summed E-state index contributed by atoms with van der Waals surface area (Å²) >= 11 is 0. The SMILES string of the molecule is c1ccc2[nH]c(CCNc3cc([C@@H]4CCCNC4)ncn3)nc2c1. The van der Waals surface area contributed by atoms with Crippen LogP contribution in [0.3, 0.4) is 0 Å². The number of nitrogens with one attached hydrogen (secondary N) is 3. The third kappa shape index (κ3) is 3.38. The Morgan fingerprint density at radius 2 is 2.17 bits per heavy atom. The molecule has 1 atom stereocenters. The molecular formula is C18H22N6. The van der Waals surface area contributed by atoms with Crippen LogP contribution in [0.2, 0.25) is 0 Å². The lowest BCUT2D eigenvalue weighted by Crippen LogP contribution is -2.28. The number of para-hydroxylation sites is 2. The number of hydrogen-bond acceptors (Lipinski definition) is 5. The topological polar surface area (TPSA) is 78.5 Å². The first-order valence-corrected chi connectivity index (χ1v) is 8.58. The molecule has 3 aromatic rings. The fourth-order valence-corrected chi connectivity index (χ4v) is 3.23. The third-order valence-corrected chi connectivity index (χ3v) is 4.51. The van der Waals surface area contributed by atoms with Gasteiger partial charge in [0.1, 0.15) is 18.0 Å². The number of nitrogens with zero attached hydrogens (tertiary/aromatic N) is 3. The van der Waals surface area contributed by atoms with Gasteiger partial charge in [-0.25, -0.2) is 15.0 Å². The zero-order valence-electron chi connectivity index (χ0n) is 13.6. The molecule has 1 aromatic carbocycles. The molecule has 6 heteroatoms. The second-order valence-corrected chi connectivity index (χ2v) is 6.25. The zero-order valence-corrected chi connectivity index (χ0v) is 13.6. The lowest BCUT2D eigenvalue weighted by atomic mass is 9.96. The summed E-state index contributed by atoms with van der Waals surface area (Å²) in [6.07, 6.45) is 4.90. The van der Waals surface area contributed by atoms with Gasteiger partial charge in [0.2, 0.25) is 0 Å². The fourth-order valence-electron chi connectivity index (χ4n) is 3.23. The van der Waals surface area contributed by atoms with Crippen LogP contribution in [0, 0.1) is 0 Å². The van der Waals surface area contributed by atoms with Crippen LogP contribution in [-0.4, -0.2) is 39.6 Å². The van der Waals surface area contributed by atoms with Gasteiger partial charge in [-0.05, 0) is 31.5 Å². The Balaban J connectivity index is 1.37. The fraction of sp³-hybridized carbons (Fsp3) is 0.389. The standard InChI is InChI=1S/C18H22N6/c1-2-6-15-14(5-1)23-17(24-15)7-9-20-18-10-16(21-12-22-18)13-4-3-8-19-11-13/h1-2,5-6,10,12-13,19H,3-4,7-9,11H2,(H,23,24)(H,20,21,22)/t13-/m1/s1. The Hall–Kier alpha value is -2.47. The van der Waals surface area contributed by atoms with Crippen LogP contribution in [0.15, 0.2) is 36.7 Å². The van der Waals surface area contributed by atoms with Gasteiger partial charge in [0, 0.05) is 31.5 Å². The molecule has 1 fully saturated rings. The van der Waals surface area contributed by atoms with Gasteiger partial charge in [0.15, 0.2) is 0 Å². The summed E-state index contributed by atoms with van der Waals surface area (Å²) in [6.45, 7) is 2.92. The van der Waals surface area contributed by atoms with E-state index in [4.69, 9.17) is 0 Å². The molecule has 3 heterocycles. The minimum absolute atomic E-state index is 0.498. The Morgan fingerprint density at radius 1 is 1.21 bits per heavy atom. The summed E-state index contributed by atoms with van der Waals surface area (Å²) in [5.74, 6) is 2.38. The van der Waals surface area contributed by atoms with Gasteiger partial charge in [0.05, 0.1) is 16.7 Å². The van der Waals surface area contributed by atoms with Gasteiger partial charge >= 0.3 is 0 Å². The van der Waals surface area contributed by atoms with Crippen molar-refractivity contribution >= 4 is 16.9 Å². The molecule has 0 spiro atoms. The molecule has 24 heavy (non-hydrogen) atoms. The zero-order chi connectivity index (χ0) is 16.2. The maximum atomic E-state index is 4.60. The van der Waals surface area contributed by atoms with Crippen molar-refractivity contribution in [2.45, 2.75) is 25.2 Å². The molecule has 1 aliphatic rings. The number of piperidine rings is 1. The first-order chi connectivity index (χ1) is 11.9. The molecule has 0 aliphatic carbocycles. The molecule has 0 amide bonds. The molecule has 0 bridgehead atoms. The van der Waals surface area contributed by atoms with Crippen LogP contribution < -0.4 is 10.6 Å². The number of fused-ring (bicyclic) bond motifs is 1. The Kier molecular flexibility index (Phi) is 4.38. The number of benzene rings is 1. The van der Waals surface area contributed by atoms with Gasteiger partial charge < -0.3 is 15.6 Å². The molecular weight excluding hydrogens is 300 g/mol. The molecule has 2 aromatic heterocycles. The Labute approximate surface area is 141 Å². The average molecular weight is 322 g/mol. The molecule has 6 nitrogen and oxygen atoms in total. The summed E-state index contributed by atoms with van der Waals surface area (Å²) in [6, 6.07) is 10.2. The summed E-state index contributed by atoms with van der Waals surface area (Å²) in [5.41, 5.74) is 3.23. The van der Waals surface area contributed by atoms with Crippen LogP contribution in [0.25, 0.3) is 11.0 Å². The largest absolute Gasteiger partial charge is 0.370 e. The minimum atomic E-state index is 0.498. The number of imidazole rings is 1. The highest BCUT2D eigenvalue weighted by Gasteiger charge is 2.16. The number of rotatable bonds is 5. The number of aromatic amines is 1. The van der Waals surface area contributed by atoms with Crippen molar-refractivity contribution in [2.75, 3.05) is 25.0 Å². The predicted octanol–water partition coefficient (Wildman–Crippen LogP) is 2.47. The first kappa shape index (κ1) is 15.1. The monoisotopic (exact) mass is 322 g/mol. The van der Waals surface area contributed by atoms with E-state index in [1.165, 1.54) is 12.8 Å². The highest BCUT2D eigenvalue weighted by molar-refractivity contribution is 5.74. The van der Waals surface area contributed by atoms with Crippen molar-refractivity contribution in [3.63, 3.8) is 0 Å². The van der Waals surface area contributed by atoms with Gasteiger partial charge in [-0.3, -0.25) is 0 Å². The summed E-state index contributed by atoms with van der Waals surface area (Å²) in [7, 11) is 0. The van der Waals surface area contributed by atoms with E-state index >= 15 is 0 Å². The number of H-pyrrole nitrogens is 1. The van der Waals surface area contributed by atoms with Gasteiger partial charge in [0.25, 0.3) is 0 Å². The summed E-state index contributed by atoms with van der Waals surface area (Å²) in [5, 5.41) is 6.82. The predicted molar refractivity (Wildman–Crippen MR) is 95.2 cm³/mol. The normalized spacial score (nSPS) is 17.9. The first-order valence-electron chi connectivity index (χ1n) is 8.58. The van der Waals surface area contributed by atoms with E-state index in [2.05, 4.69) is 36.6 Å². The van der Waals surface area contributed by atoms with Crippen LogP contribution in [0.5, 0.6) is 0 Å². The molecule has 1 saturated heterocycles. The summed E-state index contributed by atoms with van der Waals surface area (Å²) < 4.78 is 0. The molecule has 0 saturated carbocycles. The average Bonchev–Trinajstić information content (AvgIpc) is 3.05. The van der Waals surface area contributed by atoms with Crippen LogP contribution in [0.4, 0.5) is 5.82 Å². The second kappa shape index (κ2) is 6.97. The van der Waals surface area contributed by atoms with Crippen molar-refractivity contribution in [3.8, 4) is 0 Å². The van der Waals surface area contributed by atoms with Crippen molar-refractivity contribution in [3.05, 3.63) is 48.2 Å². The quantitative estimate of drug-likeness (QED) is 0.672. The lowest BCUT2D eigenvalue weighted by Gasteiger charge is -2.22. The maximum absolute atomic E-state index is 4.60. The van der Waals surface area contributed by atoms with E-state index in [0.717, 1.165) is 54.4 Å². The molecule has 124 valence electrons.